The van der Waals surface area contributed by atoms with E-state index in [0.717, 1.165) is 5.56 Å². The lowest BCUT2D eigenvalue weighted by Crippen LogP contribution is -2.19. The molecule has 0 aromatic heterocycles. The predicted molar refractivity (Wildman–Crippen MR) is 127 cm³/mol. The van der Waals surface area contributed by atoms with Gasteiger partial charge in [0, 0.05) is 11.3 Å². The zero-order valence-corrected chi connectivity index (χ0v) is 20.3. The van der Waals surface area contributed by atoms with E-state index in [0.29, 0.717) is 17.0 Å². The monoisotopic (exact) mass is 567 g/mol. The van der Waals surface area contributed by atoms with Crippen LogP contribution in [0.2, 0.25) is 0 Å². The summed E-state index contributed by atoms with van der Waals surface area (Å²) in [6.07, 6.45) is 0. The number of hydrogen-bond donors (Lipinski definition) is 2. The van der Waals surface area contributed by atoms with Crippen molar-refractivity contribution in [3.63, 3.8) is 0 Å². The molecule has 162 valence electrons. The van der Waals surface area contributed by atoms with Crippen molar-refractivity contribution in [2.75, 3.05) is 11.8 Å². The fourth-order valence-corrected chi connectivity index (χ4v) is 5.02. The van der Waals surface area contributed by atoms with Gasteiger partial charge in [0.25, 0.3) is 10.0 Å². The molecule has 0 aliphatic heterocycles. The number of phenols is 1. The lowest BCUT2D eigenvalue weighted by atomic mass is 10.0. The number of carbonyl (C=O) groups is 1. The van der Waals surface area contributed by atoms with Crippen molar-refractivity contribution in [3.8, 4) is 11.5 Å². The number of carbonyl (C=O) groups excluding carboxylic acids is 1. The maximum absolute atomic E-state index is 12.9. The van der Waals surface area contributed by atoms with Crippen LogP contribution < -0.4 is 9.46 Å². The Balaban J connectivity index is 1.74. The van der Waals surface area contributed by atoms with Crippen molar-refractivity contribution in [2.24, 2.45) is 0 Å². The maximum Gasteiger partial charge on any atom is 0.261 e. The number of halogens is 2. The minimum absolute atomic E-state index is 0.0111. The number of hydrogen-bond acceptors (Lipinski definition) is 5. The first-order valence-electron chi connectivity index (χ1n) is 9.10. The number of ether oxygens (including phenoxy) is 1. The minimum atomic E-state index is -3.71. The molecule has 0 amide bonds. The second kappa shape index (κ2) is 9.84. The topological polar surface area (TPSA) is 92.7 Å². The summed E-state index contributed by atoms with van der Waals surface area (Å²) in [6.45, 7) is 0. The number of phenolic OH excluding ortho intramolecular Hbond substituents is 1. The van der Waals surface area contributed by atoms with Gasteiger partial charge in [-0.3, -0.25) is 9.52 Å². The van der Waals surface area contributed by atoms with Crippen LogP contribution in [-0.4, -0.2) is 31.2 Å². The molecule has 0 saturated heterocycles. The summed E-state index contributed by atoms with van der Waals surface area (Å²) in [7, 11) is -2.26. The van der Waals surface area contributed by atoms with E-state index in [1.54, 1.807) is 54.6 Å². The van der Waals surface area contributed by atoms with Gasteiger partial charge in [-0.25, -0.2) is 8.42 Å². The largest absolute Gasteiger partial charge is 0.504 e. The summed E-state index contributed by atoms with van der Waals surface area (Å²) in [5.41, 5.74) is 1.52. The van der Waals surface area contributed by atoms with E-state index in [-0.39, 0.29) is 21.3 Å². The van der Waals surface area contributed by atoms with Crippen LogP contribution in [0.25, 0.3) is 0 Å². The van der Waals surface area contributed by atoms with Crippen LogP contribution in [0, 0.1) is 0 Å². The highest BCUT2D eigenvalue weighted by atomic mass is 79.9. The molecule has 9 heteroatoms. The first-order chi connectivity index (χ1) is 14.7. The van der Waals surface area contributed by atoms with Crippen molar-refractivity contribution >= 4 is 53.4 Å². The number of methoxy groups -OCH3 is 1. The number of ketones is 1. The zero-order valence-electron chi connectivity index (χ0n) is 16.3. The van der Waals surface area contributed by atoms with Gasteiger partial charge in [0.05, 0.1) is 21.7 Å². The summed E-state index contributed by atoms with van der Waals surface area (Å²) in [5.74, 6) is 0.132. The lowest BCUT2D eigenvalue weighted by molar-refractivity contribution is 0.0991. The van der Waals surface area contributed by atoms with Crippen LogP contribution in [0.15, 0.2) is 77.7 Å². The normalized spacial score (nSPS) is 13.3. The van der Waals surface area contributed by atoms with Gasteiger partial charge in [-0.2, -0.15) is 0 Å². The molecule has 0 saturated carbocycles. The lowest BCUT2D eigenvalue weighted by Gasteiger charge is -2.17. The number of anilines is 1. The first kappa shape index (κ1) is 23.3. The molecule has 2 atom stereocenters. The van der Waals surface area contributed by atoms with Gasteiger partial charge in [-0.1, -0.05) is 56.1 Å². The molecule has 0 spiro atoms. The molecule has 3 aromatic carbocycles. The Kier molecular flexibility index (Phi) is 7.40. The van der Waals surface area contributed by atoms with Gasteiger partial charge in [-0.05, 0) is 54.1 Å². The third-order valence-corrected chi connectivity index (χ3v) is 8.61. The van der Waals surface area contributed by atoms with E-state index in [1.807, 2.05) is 0 Å². The molecule has 6 nitrogen and oxygen atoms in total. The predicted octanol–water partition coefficient (Wildman–Crippen LogP) is 5.28. The molecule has 3 aromatic rings. The number of Topliss-reactive ketones (excluding diaryl/α,β-unsaturated/α-hetero) is 1. The Morgan fingerprint density at radius 3 is 2.26 bits per heavy atom. The van der Waals surface area contributed by atoms with Crippen molar-refractivity contribution < 1.29 is 23.1 Å². The standard InChI is InChI=1S/C22H19Br2NO5S/c1-30-19-13-15(9-12-18(19)26)20(23)21(24)22(27)14-7-10-16(11-8-14)25-31(28,29)17-5-3-2-4-6-17/h2-13,20-21,25-26H,1H3. The molecule has 2 unspecified atom stereocenters. The van der Waals surface area contributed by atoms with E-state index < -0.39 is 14.9 Å². The molecule has 0 bridgehead atoms. The van der Waals surface area contributed by atoms with Crippen molar-refractivity contribution in [1.29, 1.82) is 0 Å². The first-order valence-corrected chi connectivity index (χ1v) is 12.4. The smallest absolute Gasteiger partial charge is 0.261 e. The average Bonchev–Trinajstić information content (AvgIpc) is 2.79. The Morgan fingerprint density at radius 1 is 1.00 bits per heavy atom. The van der Waals surface area contributed by atoms with Crippen molar-refractivity contribution in [3.05, 3.63) is 83.9 Å². The van der Waals surface area contributed by atoms with Crippen molar-refractivity contribution in [1.82, 2.24) is 0 Å². The fraction of sp³-hybridized carbons (Fsp3) is 0.136. The summed E-state index contributed by atoms with van der Waals surface area (Å²) in [5, 5.41) is 9.75. The Morgan fingerprint density at radius 2 is 1.65 bits per heavy atom. The molecule has 0 aliphatic rings. The molecule has 31 heavy (non-hydrogen) atoms. The van der Waals surface area contributed by atoms with Gasteiger partial charge in [-0.15, -0.1) is 0 Å². The van der Waals surface area contributed by atoms with E-state index in [1.165, 1.54) is 25.3 Å². The van der Waals surface area contributed by atoms with Crippen molar-refractivity contribution in [2.45, 2.75) is 14.5 Å². The van der Waals surface area contributed by atoms with Gasteiger partial charge in [0.2, 0.25) is 0 Å². The van der Waals surface area contributed by atoms with E-state index in [9.17, 15) is 18.3 Å². The quantitative estimate of drug-likeness (QED) is 0.285. The van der Waals surface area contributed by atoms with Crippen LogP contribution in [0.4, 0.5) is 5.69 Å². The summed E-state index contributed by atoms with van der Waals surface area (Å²) < 4.78 is 32.5. The number of benzene rings is 3. The van der Waals surface area contributed by atoms with Gasteiger partial charge in [0.1, 0.15) is 0 Å². The van der Waals surface area contributed by atoms with Crippen LogP contribution in [0.1, 0.15) is 20.7 Å². The highest BCUT2D eigenvalue weighted by Gasteiger charge is 2.27. The Labute approximate surface area is 197 Å². The third kappa shape index (κ3) is 5.47. The van der Waals surface area contributed by atoms with Gasteiger partial charge >= 0.3 is 0 Å². The summed E-state index contributed by atoms with van der Waals surface area (Å²) in [4.78, 5) is 12.1. The summed E-state index contributed by atoms with van der Waals surface area (Å²) in [6, 6.07) is 19.1. The number of sulfonamides is 1. The molecular formula is C22H19Br2NO5S. The fourth-order valence-electron chi connectivity index (χ4n) is 2.84. The molecule has 0 fully saturated rings. The average molecular weight is 569 g/mol. The molecule has 2 N–H and O–H groups in total. The minimum Gasteiger partial charge on any atom is -0.504 e. The molecule has 0 heterocycles. The SMILES string of the molecule is COc1cc(C(Br)C(Br)C(=O)c2ccc(NS(=O)(=O)c3ccccc3)cc2)ccc1O. The second-order valence-electron chi connectivity index (χ2n) is 6.59. The Bertz CT molecular complexity index is 1170. The van der Waals surface area contributed by atoms with Crippen LogP contribution in [0.3, 0.4) is 0 Å². The van der Waals surface area contributed by atoms with Gasteiger partial charge < -0.3 is 9.84 Å². The van der Waals surface area contributed by atoms with Crippen LogP contribution >= 0.6 is 31.9 Å². The highest BCUT2D eigenvalue weighted by molar-refractivity contribution is 9.12. The van der Waals surface area contributed by atoms with E-state index >= 15 is 0 Å². The summed E-state index contributed by atoms with van der Waals surface area (Å²) >= 11 is 6.95. The number of rotatable bonds is 8. The van der Waals surface area contributed by atoms with Gasteiger partial charge in [0.15, 0.2) is 17.3 Å². The number of aromatic hydroxyl groups is 1. The number of alkyl halides is 2. The molecule has 0 radical (unpaired) electrons. The van der Waals surface area contributed by atoms with E-state index in [2.05, 4.69) is 36.6 Å². The highest BCUT2D eigenvalue weighted by Crippen LogP contribution is 2.37. The molecular weight excluding hydrogens is 550 g/mol. The maximum atomic E-state index is 12.9. The second-order valence-corrected chi connectivity index (χ2v) is 10.3. The number of nitrogens with one attached hydrogen (secondary N) is 1. The van der Waals surface area contributed by atoms with Crippen LogP contribution in [-0.2, 0) is 10.0 Å². The van der Waals surface area contributed by atoms with Crippen LogP contribution in [0.5, 0.6) is 11.5 Å². The molecule has 3 rings (SSSR count). The zero-order chi connectivity index (χ0) is 22.6. The molecule has 0 aliphatic carbocycles. The third-order valence-electron chi connectivity index (χ3n) is 4.50. The van der Waals surface area contributed by atoms with E-state index in [4.69, 9.17) is 4.74 Å². The Hall–Kier alpha value is -2.36.